The Hall–Kier alpha value is -2.59. The predicted octanol–water partition coefficient (Wildman–Crippen LogP) is 2.99. The molecule has 0 aliphatic rings. The molecule has 0 aliphatic heterocycles. The van der Waals surface area contributed by atoms with Crippen molar-refractivity contribution < 1.29 is 19.4 Å². The van der Waals surface area contributed by atoms with Gasteiger partial charge in [0.15, 0.2) is 0 Å². The summed E-state index contributed by atoms with van der Waals surface area (Å²) in [6, 6.07) is 16.4. The highest BCUT2D eigenvalue weighted by molar-refractivity contribution is 5.87. The first-order valence-electron chi connectivity index (χ1n) is 6.91. The third kappa shape index (κ3) is 4.75. The SMILES string of the molecule is COc1ccc([C@H](O)COC(=O)/C=C/c2ccccc2)cc1. The first-order chi connectivity index (χ1) is 10.7. The topological polar surface area (TPSA) is 55.8 Å². The van der Waals surface area contributed by atoms with Crippen LogP contribution in [-0.4, -0.2) is 24.8 Å². The van der Waals surface area contributed by atoms with Gasteiger partial charge >= 0.3 is 5.97 Å². The van der Waals surface area contributed by atoms with Crippen LogP contribution >= 0.6 is 0 Å². The molecule has 0 amide bonds. The Kier molecular flexibility index (Phi) is 5.74. The number of esters is 1. The zero-order valence-electron chi connectivity index (χ0n) is 12.3. The van der Waals surface area contributed by atoms with Gasteiger partial charge in [-0.15, -0.1) is 0 Å². The van der Waals surface area contributed by atoms with E-state index in [9.17, 15) is 9.90 Å². The van der Waals surface area contributed by atoms with Crippen LogP contribution in [0.2, 0.25) is 0 Å². The van der Waals surface area contributed by atoms with Crippen molar-refractivity contribution in [3.05, 3.63) is 71.8 Å². The number of hydrogen-bond donors (Lipinski definition) is 1. The van der Waals surface area contributed by atoms with Gasteiger partial charge < -0.3 is 14.6 Å². The Bertz CT molecular complexity index is 617. The molecule has 0 saturated heterocycles. The summed E-state index contributed by atoms with van der Waals surface area (Å²) in [5, 5.41) is 9.98. The molecule has 0 spiro atoms. The van der Waals surface area contributed by atoms with Gasteiger partial charge in [0.05, 0.1) is 7.11 Å². The lowest BCUT2D eigenvalue weighted by Crippen LogP contribution is -2.10. The van der Waals surface area contributed by atoms with E-state index in [1.54, 1.807) is 37.5 Å². The monoisotopic (exact) mass is 298 g/mol. The van der Waals surface area contributed by atoms with Crippen molar-refractivity contribution in [2.75, 3.05) is 13.7 Å². The quantitative estimate of drug-likeness (QED) is 0.658. The van der Waals surface area contributed by atoms with E-state index < -0.39 is 12.1 Å². The van der Waals surface area contributed by atoms with E-state index in [-0.39, 0.29) is 6.61 Å². The zero-order chi connectivity index (χ0) is 15.8. The van der Waals surface area contributed by atoms with Crippen LogP contribution < -0.4 is 4.74 Å². The predicted molar refractivity (Wildman–Crippen MR) is 84.4 cm³/mol. The van der Waals surface area contributed by atoms with Crippen molar-refractivity contribution in [2.45, 2.75) is 6.10 Å². The molecule has 2 aromatic rings. The molecule has 1 atom stereocenters. The third-order valence-corrected chi connectivity index (χ3v) is 3.10. The largest absolute Gasteiger partial charge is 0.497 e. The Morgan fingerprint density at radius 2 is 1.82 bits per heavy atom. The Labute approximate surface area is 129 Å². The smallest absolute Gasteiger partial charge is 0.330 e. The van der Waals surface area contributed by atoms with Gasteiger partial charge in [-0.3, -0.25) is 0 Å². The van der Waals surface area contributed by atoms with E-state index in [0.29, 0.717) is 11.3 Å². The molecule has 2 rings (SSSR count). The molecule has 1 N–H and O–H groups in total. The second-order valence-electron chi connectivity index (χ2n) is 4.66. The molecule has 0 bridgehead atoms. The average Bonchev–Trinajstić information content (AvgIpc) is 2.58. The normalized spacial score (nSPS) is 12.1. The molecular formula is C18H18O4. The number of carbonyl (C=O) groups is 1. The molecule has 114 valence electrons. The van der Waals surface area contributed by atoms with Gasteiger partial charge in [-0.2, -0.15) is 0 Å². The highest BCUT2D eigenvalue weighted by Crippen LogP contribution is 2.17. The molecule has 4 nitrogen and oxygen atoms in total. The van der Waals surface area contributed by atoms with E-state index in [1.165, 1.54) is 6.08 Å². The number of aliphatic hydroxyl groups excluding tert-OH is 1. The molecule has 2 aromatic carbocycles. The van der Waals surface area contributed by atoms with Crippen LogP contribution in [0.5, 0.6) is 5.75 Å². The minimum atomic E-state index is -0.861. The van der Waals surface area contributed by atoms with Gasteiger partial charge in [0.1, 0.15) is 18.5 Å². The van der Waals surface area contributed by atoms with Crippen LogP contribution in [0.4, 0.5) is 0 Å². The maximum atomic E-state index is 11.6. The summed E-state index contributed by atoms with van der Waals surface area (Å²) >= 11 is 0. The fourth-order valence-electron chi connectivity index (χ4n) is 1.86. The van der Waals surface area contributed by atoms with Crippen LogP contribution in [0.25, 0.3) is 6.08 Å². The number of aliphatic hydroxyl groups is 1. The fraction of sp³-hybridized carbons (Fsp3) is 0.167. The lowest BCUT2D eigenvalue weighted by molar-refractivity contribution is -0.140. The number of methoxy groups -OCH3 is 1. The summed E-state index contributed by atoms with van der Waals surface area (Å²) in [4.78, 5) is 11.6. The lowest BCUT2D eigenvalue weighted by Gasteiger charge is -2.11. The zero-order valence-corrected chi connectivity index (χ0v) is 12.3. The van der Waals surface area contributed by atoms with Crippen LogP contribution in [0, 0.1) is 0 Å². The molecule has 22 heavy (non-hydrogen) atoms. The lowest BCUT2D eigenvalue weighted by atomic mass is 10.1. The van der Waals surface area contributed by atoms with Crippen LogP contribution in [0.1, 0.15) is 17.2 Å². The van der Waals surface area contributed by atoms with Crippen molar-refractivity contribution in [1.82, 2.24) is 0 Å². The van der Waals surface area contributed by atoms with Crippen molar-refractivity contribution >= 4 is 12.0 Å². The molecule has 0 aromatic heterocycles. The van der Waals surface area contributed by atoms with E-state index >= 15 is 0 Å². The van der Waals surface area contributed by atoms with Crippen molar-refractivity contribution in [1.29, 1.82) is 0 Å². The molecule has 0 unspecified atom stereocenters. The van der Waals surface area contributed by atoms with E-state index in [4.69, 9.17) is 9.47 Å². The van der Waals surface area contributed by atoms with E-state index in [0.717, 1.165) is 5.56 Å². The molecular weight excluding hydrogens is 280 g/mol. The van der Waals surface area contributed by atoms with E-state index in [1.807, 2.05) is 30.3 Å². The van der Waals surface area contributed by atoms with Gasteiger partial charge in [-0.05, 0) is 29.3 Å². The summed E-state index contributed by atoms with van der Waals surface area (Å²) in [7, 11) is 1.58. The maximum absolute atomic E-state index is 11.6. The Morgan fingerprint density at radius 3 is 2.45 bits per heavy atom. The Morgan fingerprint density at radius 1 is 1.14 bits per heavy atom. The number of benzene rings is 2. The first kappa shape index (κ1) is 15.8. The molecule has 0 heterocycles. The highest BCUT2D eigenvalue weighted by Gasteiger charge is 2.09. The van der Waals surface area contributed by atoms with Crippen molar-refractivity contribution in [3.8, 4) is 5.75 Å². The summed E-state index contributed by atoms with van der Waals surface area (Å²) in [6.45, 7) is -0.0930. The first-order valence-corrected chi connectivity index (χ1v) is 6.91. The third-order valence-electron chi connectivity index (χ3n) is 3.10. The molecule has 0 fully saturated rings. The summed E-state index contributed by atoms with van der Waals surface area (Å²) in [5.74, 6) is 0.218. The molecule has 0 aliphatic carbocycles. The summed E-state index contributed by atoms with van der Waals surface area (Å²) in [6.07, 6.45) is 2.15. The summed E-state index contributed by atoms with van der Waals surface area (Å²) < 4.78 is 10.1. The summed E-state index contributed by atoms with van der Waals surface area (Å²) in [5.41, 5.74) is 1.58. The maximum Gasteiger partial charge on any atom is 0.330 e. The van der Waals surface area contributed by atoms with Gasteiger partial charge in [0.25, 0.3) is 0 Å². The standard InChI is InChI=1S/C18H18O4/c1-21-16-10-8-15(9-11-16)17(19)13-22-18(20)12-7-14-5-3-2-4-6-14/h2-12,17,19H,13H2,1H3/b12-7+/t17-/m1/s1. The molecule has 0 radical (unpaired) electrons. The van der Waals surface area contributed by atoms with Gasteiger partial charge in [0.2, 0.25) is 0 Å². The second kappa shape index (κ2) is 8.00. The van der Waals surface area contributed by atoms with Gasteiger partial charge in [-0.1, -0.05) is 42.5 Å². The van der Waals surface area contributed by atoms with Gasteiger partial charge in [-0.25, -0.2) is 4.79 Å². The van der Waals surface area contributed by atoms with Crippen LogP contribution in [-0.2, 0) is 9.53 Å². The number of ether oxygens (including phenoxy) is 2. The highest BCUT2D eigenvalue weighted by atomic mass is 16.5. The minimum absolute atomic E-state index is 0.0930. The molecule has 4 heteroatoms. The van der Waals surface area contributed by atoms with E-state index in [2.05, 4.69) is 0 Å². The van der Waals surface area contributed by atoms with Crippen molar-refractivity contribution in [3.63, 3.8) is 0 Å². The Balaban J connectivity index is 1.83. The van der Waals surface area contributed by atoms with Crippen LogP contribution in [0.3, 0.4) is 0 Å². The number of hydrogen-bond acceptors (Lipinski definition) is 4. The second-order valence-corrected chi connectivity index (χ2v) is 4.66. The number of rotatable bonds is 6. The average molecular weight is 298 g/mol. The van der Waals surface area contributed by atoms with Crippen molar-refractivity contribution in [2.24, 2.45) is 0 Å². The number of carbonyl (C=O) groups excluding carboxylic acids is 1. The van der Waals surface area contributed by atoms with Gasteiger partial charge in [0, 0.05) is 6.08 Å². The minimum Gasteiger partial charge on any atom is -0.497 e. The fourth-order valence-corrected chi connectivity index (χ4v) is 1.86. The molecule has 0 saturated carbocycles. The van der Waals surface area contributed by atoms with Crippen LogP contribution in [0.15, 0.2) is 60.7 Å².